The molecule has 0 radical (unpaired) electrons. The van der Waals surface area contributed by atoms with Crippen LogP contribution in [0.5, 0.6) is 5.75 Å². The number of carbonyl (C=O) groups is 2. The predicted octanol–water partition coefficient (Wildman–Crippen LogP) is 3.68. The molecule has 1 aliphatic rings. The van der Waals surface area contributed by atoms with E-state index in [2.05, 4.69) is 28.4 Å². The molecule has 22 heavy (non-hydrogen) atoms. The fourth-order valence-electron chi connectivity index (χ4n) is 1.75. The number of ether oxygens (including phenoxy) is 1. The zero-order valence-electron chi connectivity index (χ0n) is 11.5. The Morgan fingerprint density at radius 2 is 2.23 bits per heavy atom. The molecule has 0 unspecified atom stereocenters. The van der Waals surface area contributed by atoms with Crippen LogP contribution >= 0.6 is 27.7 Å². The molecule has 6 heteroatoms. The molecule has 112 valence electrons. The second kappa shape index (κ2) is 7.34. The standard InChI is InChI=1S/C16H12BrNO3S/c1-3-7-18-15(19)14(22-16(18)20)10-11-5-6-13(12(17)9-11)21-8-4-2/h1,4-6,9-10H,2,7-8H2/b14-10-. The summed E-state index contributed by atoms with van der Waals surface area (Å²) in [5.41, 5.74) is 0.782. The third kappa shape index (κ3) is 3.62. The van der Waals surface area contributed by atoms with Crippen LogP contribution in [0.2, 0.25) is 0 Å². The van der Waals surface area contributed by atoms with E-state index in [0.29, 0.717) is 17.3 Å². The summed E-state index contributed by atoms with van der Waals surface area (Å²) in [6.07, 6.45) is 8.47. The van der Waals surface area contributed by atoms with E-state index in [1.165, 1.54) is 0 Å². The maximum Gasteiger partial charge on any atom is 0.294 e. The zero-order chi connectivity index (χ0) is 16.1. The molecule has 0 saturated carbocycles. The maximum absolute atomic E-state index is 12.1. The van der Waals surface area contributed by atoms with Crippen LogP contribution in [0.15, 0.2) is 40.2 Å². The van der Waals surface area contributed by atoms with Gasteiger partial charge in [-0.2, -0.15) is 0 Å². The van der Waals surface area contributed by atoms with Crippen molar-refractivity contribution >= 4 is 44.9 Å². The van der Waals surface area contributed by atoms with Crippen molar-refractivity contribution in [2.45, 2.75) is 0 Å². The van der Waals surface area contributed by atoms with Crippen molar-refractivity contribution in [2.75, 3.05) is 13.2 Å². The number of rotatable bonds is 5. The molecule has 0 spiro atoms. The number of nitrogens with zero attached hydrogens (tertiary/aromatic N) is 1. The Bertz CT molecular complexity index is 706. The van der Waals surface area contributed by atoms with Crippen LogP contribution < -0.4 is 4.74 Å². The van der Waals surface area contributed by atoms with Crippen molar-refractivity contribution in [1.29, 1.82) is 0 Å². The molecule has 4 nitrogen and oxygen atoms in total. The topological polar surface area (TPSA) is 46.6 Å². The Morgan fingerprint density at radius 3 is 2.86 bits per heavy atom. The van der Waals surface area contributed by atoms with Crippen molar-refractivity contribution in [2.24, 2.45) is 0 Å². The van der Waals surface area contributed by atoms with Gasteiger partial charge < -0.3 is 4.74 Å². The summed E-state index contributed by atoms with van der Waals surface area (Å²) in [7, 11) is 0. The van der Waals surface area contributed by atoms with Gasteiger partial charge in [0.05, 0.1) is 15.9 Å². The lowest BCUT2D eigenvalue weighted by molar-refractivity contribution is -0.122. The molecular formula is C16H12BrNO3S. The molecule has 1 aromatic rings. The van der Waals surface area contributed by atoms with Crippen LogP contribution in [0.1, 0.15) is 5.56 Å². The Labute approximate surface area is 141 Å². The lowest BCUT2D eigenvalue weighted by Gasteiger charge is -2.07. The number of halogens is 1. The number of thioether (sulfide) groups is 1. The second-order valence-electron chi connectivity index (χ2n) is 4.26. The molecule has 0 atom stereocenters. The molecule has 1 aliphatic heterocycles. The Balaban J connectivity index is 2.21. The highest BCUT2D eigenvalue weighted by Crippen LogP contribution is 2.33. The van der Waals surface area contributed by atoms with Crippen LogP contribution in [0.25, 0.3) is 6.08 Å². The number of hydrogen-bond donors (Lipinski definition) is 0. The summed E-state index contributed by atoms with van der Waals surface area (Å²) in [6, 6.07) is 5.40. The van der Waals surface area contributed by atoms with Crippen molar-refractivity contribution < 1.29 is 14.3 Å². The Morgan fingerprint density at radius 1 is 1.45 bits per heavy atom. The van der Waals surface area contributed by atoms with E-state index in [9.17, 15) is 9.59 Å². The van der Waals surface area contributed by atoms with Crippen LogP contribution in [0.3, 0.4) is 0 Å². The normalized spacial score (nSPS) is 16.0. The lowest BCUT2D eigenvalue weighted by atomic mass is 10.2. The van der Waals surface area contributed by atoms with Gasteiger partial charge in [0.15, 0.2) is 0 Å². The molecule has 0 aliphatic carbocycles. The summed E-state index contributed by atoms with van der Waals surface area (Å²) in [6.45, 7) is 3.98. The van der Waals surface area contributed by atoms with E-state index in [-0.39, 0.29) is 17.7 Å². The largest absolute Gasteiger partial charge is 0.488 e. The Kier molecular flexibility index (Phi) is 5.47. The van der Waals surface area contributed by atoms with Crippen LogP contribution in [0, 0.1) is 12.3 Å². The first-order chi connectivity index (χ1) is 10.6. The zero-order valence-corrected chi connectivity index (χ0v) is 13.9. The van der Waals surface area contributed by atoms with E-state index in [4.69, 9.17) is 11.2 Å². The smallest absolute Gasteiger partial charge is 0.294 e. The number of amides is 2. The first kappa shape index (κ1) is 16.4. The molecular weight excluding hydrogens is 366 g/mol. The fraction of sp³-hybridized carbons (Fsp3) is 0.125. The molecule has 1 aromatic carbocycles. The van der Waals surface area contributed by atoms with Gasteiger partial charge in [0.2, 0.25) is 0 Å². The average Bonchev–Trinajstić information content (AvgIpc) is 2.74. The van der Waals surface area contributed by atoms with Crippen LogP contribution in [-0.2, 0) is 4.79 Å². The van der Waals surface area contributed by atoms with Gasteiger partial charge in [-0.05, 0) is 51.5 Å². The fourth-order valence-corrected chi connectivity index (χ4v) is 3.10. The molecule has 0 bridgehead atoms. The van der Waals surface area contributed by atoms with Gasteiger partial charge >= 0.3 is 0 Å². The van der Waals surface area contributed by atoms with E-state index in [1.54, 1.807) is 24.3 Å². The van der Waals surface area contributed by atoms with Crippen LogP contribution in [0.4, 0.5) is 4.79 Å². The number of imide groups is 1. The monoisotopic (exact) mass is 377 g/mol. The second-order valence-corrected chi connectivity index (χ2v) is 6.11. The SMILES string of the molecule is C#CCN1C(=O)S/C(=C\c2ccc(OCC=C)c(Br)c2)C1=O. The lowest BCUT2D eigenvalue weighted by Crippen LogP contribution is -2.28. The molecule has 0 aromatic heterocycles. The summed E-state index contributed by atoms with van der Waals surface area (Å²) in [5.74, 6) is 2.62. The molecule has 2 amide bonds. The van der Waals surface area contributed by atoms with Crippen molar-refractivity contribution in [1.82, 2.24) is 4.90 Å². The van der Waals surface area contributed by atoms with E-state index >= 15 is 0 Å². The van der Waals surface area contributed by atoms with E-state index < -0.39 is 0 Å². The van der Waals surface area contributed by atoms with Crippen LogP contribution in [-0.4, -0.2) is 29.2 Å². The number of carbonyl (C=O) groups excluding carboxylic acids is 2. The predicted molar refractivity (Wildman–Crippen MR) is 91.3 cm³/mol. The minimum absolute atomic E-state index is 0.0139. The highest BCUT2D eigenvalue weighted by atomic mass is 79.9. The van der Waals surface area contributed by atoms with Gasteiger partial charge in [-0.1, -0.05) is 24.6 Å². The van der Waals surface area contributed by atoms with Gasteiger partial charge in [0.25, 0.3) is 11.1 Å². The van der Waals surface area contributed by atoms with Gasteiger partial charge in [-0.3, -0.25) is 14.5 Å². The third-order valence-electron chi connectivity index (χ3n) is 2.73. The van der Waals surface area contributed by atoms with Gasteiger partial charge in [-0.25, -0.2) is 0 Å². The minimum atomic E-state index is -0.365. The quantitative estimate of drug-likeness (QED) is 0.446. The molecule has 1 fully saturated rings. The number of benzene rings is 1. The maximum atomic E-state index is 12.1. The van der Waals surface area contributed by atoms with E-state index in [0.717, 1.165) is 26.7 Å². The highest BCUT2D eigenvalue weighted by molar-refractivity contribution is 9.10. The first-order valence-corrected chi connectivity index (χ1v) is 7.90. The third-order valence-corrected chi connectivity index (χ3v) is 4.26. The summed E-state index contributed by atoms with van der Waals surface area (Å²) < 4.78 is 6.21. The Hall–Kier alpha value is -1.97. The number of hydrogen-bond acceptors (Lipinski definition) is 4. The minimum Gasteiger partial charge on any atom is -0.488 e. The van der Waals surface area contributed by atoms with Crippen molar-refractivity contribution in [3.05, 3.63) is 45.8 Å². The molecule has 1 heterocycles. The van der Waals surface area contributed by atoms with E-state index in [1.807, 2.05) is 6.07 Å². The summed E-state index contributed by atoms with van der Waals surface area (Å²) in [4.78, 5) is 25.2. The number of terminal acetylenes is 1. The average molecular weight is 378 g/mol. The van der Waals surface area contributed by atoms with Gasteiger partial charge in [0.1, 0.15) is 12.4 Å². The summed E-state index contributed by atoms with van der Waals surface area (Å²) in [5, 5.41) is -0.348. The van der Waals surface area contributed by atoms with Gasteiger partial charge in [0, 0.05) is 0 Å². The van der Waals surface area contributed by atoms with Gasteiger partial charge in [-0.15, -0.1) is 6.42 Å². The molecule has 0 N–H and O–H groups in total. The molecule has 2 rings (SSSR count). The first-order valence-electron chi connectivity index (χ1n) is 6.29. The summed E-state index contributed by atoms with van der Waals surface area (Å²) >= 11 is 4.29. The van der Waals surface area contributed by atoms with Crippen molar-refractivity contribution in [3.8, 4) is 18.1 Å². The highest BCUT2D eigenvalue weighted by Gasteiger charge is 2.34. The molecule has 1 saturated heterocycles. The van der Waals surface area contributed by atoms with Crippen molar-refractivity contribution in [3.63, 3.8) is 0 Å².